The van der Waals surface area contributed by atoms with Gasteiger partial charge in [0, 0.05) is 37.9 Å². The molecule has 0 atom stereocenters. The number of hydrogen-bond donors (Lipinski definition) is 1. The Morgan fingerprint density at radius 3 is 2.65 bits per heavy atom. The van der Waals surface area contributed by atoms with Crippen LogP contribution in [0.1, 0.15) is 40.2 Å². The molecule has 3 aromatic rings. The number of nitrogens with zero attached hydrogens (tertiary/aromatic N) is 2. The summed E-state index contributed by atoms with van der Waals surface area (Å²) in [5, 5.41) is 5.89. The Kier molecular flexibility index (Phi) is 7.10. The number of nitrogens with one attached hydrogen (secondary N) is 1. The molecule has 0 bridgehead atoms. The van der Waals surface area contributed by atoms with E-state index in [2.05, 4.69) is 40.6 Å². The van der Waals surface area contributed by atoms with Gasteiger partial charge in [0.15, 0.2) is 0 Å². The molecule has 2 amide bonds. The first-order valence-electron chi connectivity index (χ1n) is 10.8. The maximum absolute atomic E-state index is 12.5. The molecular formula is C25H27N3O2S. The first kappa shape index (κ1) is 21.2. The molecule has 0 saturated carbocycles. The second kappa shape index (κ2) is 10.4. The second-order valence-electron chi connectivity index (χ2n) is 7.86. The molecule has 1 aromatic heterocycles. The summed E-state index contributed by atoms with van der Waals surface area (Å²) in [5.41, 5.74) is 4.60. The van der Waals surface area contributed by atoms with E-state index in [0.717, 1.165) is 30.1 Å². The van der Waals surface area contributed by atoms with Gasteiger partial charge in [-0.2, -0.15) is 0 Å². The number of thiazole rings is 1. The Hall–Kier alpha value is -2.99. The summed E-state index contributed by atoms with van der Waals surface area (Å²) in [6.07, 6.45) is 3.09. The van der Waals surface area contributed by atoms with E-state index in [1.54, 1.807) is 11.3 Å². The summed E-state index contributed by atoms with van der Waals surface area (Å²) in [5.74, 6) is 0.115. The highest BCUT2D eigenvalue weighted by Gasteiger charge is 2.19. The average molecular weight is 434 g/mol. The van der Waals surface area contributed by atoms with Gasteiger partial charge >= 0.3 is 0 Å². The minimum absolute atomic E-state index is 0.0455. The predicted molar refractivity (Wildman–Crippen MR) is 123 cm³/mol. The van der Waals surface area contributed by atoms with Gasteiger partial charge in [-0.1, -0.05) is 54.6 Å². The van der Waals surface area contributed by atoms with E-state index in [1.165, 1.54) is 16.7 Å². The van der Waals surface area contributed by atoms with E-state index in [-0.39, 0.29) is 18.2 Å². The van der Waals surface area contributed by atoms with E-state index >= 15 is 0 Å². The molecule has 0 fully saturated rings. The molecule has 0 unspecified atom stereocenters. The van der Waals surface area contributed by atoms with Crippen molar-refractivity contribution in [1.82, 2.24) is 15.2 Å². The number of carbonyl (C=O) groups is 2. The summed E-state index contributed by atoms with van der Waals surface area (Å²) in [7, 11) is 0. The topological polar surface area (TPSA) is 62.3 Å². The minimum Gasteiger partial charge on any atom is -0.356 e. The Balaban J connectivity index is 1.15. The number of hydrogen-bond acceptors (Lipinski definition) is 4. The van der Waals surface area contributed by atoms with Crippen molar-refractivity contribution in [3.05, 3.63) is 87.4 Å². The van der Waals surface area contributed by atoms with Gasteiger partial charge in [-0.3, -0.25) is 9.59 Å². The molecule has 2 heterocycles. The van der Waals surface area contributed by atoms with E-state index in [0.29, 0.717) is 25.9 Å². The Labute approximate surface area is 187 Å². The van der Waals surface area contributed by atoms with Crippen molar-refractivity contribution in [2.45, 2.75) is 38.6 Å². The third-order valence-corrected chi connectivity index (χ3v) is 6.41. The van der Waals surface area contributed by atoms with Gasteiger partial charge in [0.2, 0.25) is 11.8 Å². The first-order valence-corrected chi connectivity index (χ1v) is 11.6. The third kappa shape index (κ3) is 6.01. The number of aromatic nitrogens is 1. The van der Waals surface area contributed by atoms with Gasteiger partial charge in [0.1, 0.15) is 0 Å². The van der Waals surface area contributed by atoms with Crippen molar-refractivity contribution in [2.75, 3.05) is 13.1 Å². The lowest BCUT2D eigenvalue weighted by molar-refractivity contribution is -0.132. The average Bonchev–Trinajstić information content (AvgIpc) is 3.23. The van der Waals surface area contributed by atoms with Crippen molar-refractivity contribution < 1.29 is 9.59 Å². The zero-order chi connectivity index (χ0) is 21.5. The van der Waals surface area contributed by atoms with Crippen LogP contribution in [0.3, 0.4) is 0 Å². The maximum atomic E-state index is 12.5. The Morgan fingerprint density at radius 2 is 1.81 bits per heavy atom. The van der Waals surface area contributed by atoms with Crippen molar-refractivity contribution in [1.29, 1.82) is 0 Å². The summed E-state index contributed by atoms with van der Waals surface area (Å²) >= 11 is 1.59. The fourth-order valence-electron chi connectivity index (χ4n) is 3.84. The van der Waals surface area contributed by atoms with Crippen LogP contribution in [-0.4, -0.2) is 34.8 Å². The molecule has 2 aromatic carbocycles. The van der Waals surface area contributed by atoms with Crippen molar-refractivity contribution in [3.8, 4) is 0 Å². The summed E-state index contributed by atoms with van der Waals surface area (Å²) < 4.78 is 0. The molecule has 1 aliphatic rings. The molecule has 31 heavy (non-hydrogen) atoms. The molecule has 0 radical (unpaired) electrons. The molecule has 160 valence electrons. The molecule has 0 saturated heterocycles. The third-order valence-electron chi connectivity index (χ3n) is 5.51. The lowest BCUT2D eigenvalue weighted by Gasteiger charge is -2.29. The van der Waals surface area contributed by atoms with Crippen molar-refractivity contribution in [2.24, 2.45) is 0 Å². The second-order valence-corrected chi connectivity index (χ2v) is 8.80. The van der Waals surface area contributed by atoms with Gasteiger partial charge in [-0.25, -0.2) is 4.98 Å². The zero-order valence-corrected chi connectivity index (χ0v) is 18.4. The monoisotopic (exact) mass is 433 g/mol. The van der Waals surface area contributed by atoms with E-state index in [4.69, 9.17) is 0 Å². The van der Waals surface area contributed by atoms with E-state index in [9.17, 15) is 9.59 Å². The van der Waals surface area contributed by atoms with Crippen LogP contribution in [0, 0.1) is 0 Å². The zero-order valence-electron chi connectivity index (χ0n) is 17.5. The van der Waals surface area contributed by atoms with Crippen LogP contribution in [0.5, 0.6) is 0 Å². The van der Waals surface area contributed by atoms with Crippen LogP contribution in [-0.2, 0) is 35.4 Å². The molecule has 5 nitrogen and oxygen atoms in total. The summed E-state index contributed by atoms with van der Waals surface area (Å²) in [6.45, 7) is 1.98. The van der Waals surface area contributed by atoms with Crippen LogP contribution in [0.15, 0.2) is 60.0 Å². The summed E-state index contributed by atoms with van der Waals surface area (Å²) in [6, 6.07) is 18.5. The van der Waals surface area contributed by atoms with Gasteiger partial charge < -0.3 is 10.2 Å². The maximum Gasteiger partial charge on any atom is 0.226 e. The molecule has 4 rings (SSSR count). The fourth-order valence-corrected chi connectivity index (χ4v) is 4.67. The van der Waals surface area contributed by atoms with Gasteiger partial charge in [0.25, 0.3) is 0 Å². The molecule has 0 spiro atoms. The predicted octanol–water partition coefficient (Wildman–Crippen LogP) is 3.76. The highest BCUT2D eigenvalue weighted by molar-refractivity contribution is 7.09. The largest absolute Gasteiger partial charge is 0.356 e. The number of amides is 2. The van der Waals surface area contributed by atoms with Crippen molar-refractivity contribution >= 4 is 23.2 Å². The first-order chi connectivity index (χ1) is 15.2. The van der Waals surface area contributed by atoms with Crippen LogP contribution >= 0.6 is 11.3 Å². The molecule has 1 aliphatic heterocycles. The van der Waals surface area contributed by atoms with Crippen LogP contribution in [0.2, 0.25) is 0 Å². The van der Waals surface area contributed by atoms with Crippen LogP contribution in [0.4, 0.5) is 0 Å². The van der Waals surface area contributed by atoms with Gasteiger partial charge in [-0.15, -0.1) is 11.3 Å². The Morgan fingerprint density at radius 1 is 1.03 bits per heavy atom. The number of benzene rings is 2. The number of fused-ring (bicyclic) bond motifs is 1. The smallest absolute Gasteiger partial charge is 0.226 e. The molecule has 1 N–H and O–H groups in total. The fraction of sp³-hybridized carbons (Fsp3) is 0.320. The van der Waals surface area contributed by atoms with Crippen LogP contribution < -0.4 is 5.32 Å². The van der Waals surface area contributed by atoms with Gasteiger partial charge in [-0.05, 0) is 29.5 Å². The quantitative estimate of drug-likeness (QED) is 0.550. The molecular weight excluding hydrogens is 406 g/mol. The molecule has 0 aliphatic carbocycles. The van der Waals surface area contributed by atoms with Crippen LogP contribution in [0.25, 0.3) is 0 Å². The van der Waals surface area contributed by atoms with E-state index < -0.39 is 0 Å². The normalized spacial score (nSPS) is 13.0. The number of carbonyl (C=O) groups excluding carboxylic acids is 2. The standard InChI is InChI=1S/C25H27N3O2S/c29-23(16-22-18-31-24(27-22)15-19-7-2-1-3-8-19)26-13-6-11-25(30)28-14-12-20-9-4-5-10-21(20)17-28/h1-5,7-10,18H,6,11-17H2,(H,26,29). The lowest BCUT2D eigenvalue weighted by atomic mass is 9.99. The lowest BCUT2D eigenvalue weighted by Crippen LogP contribution is -2.36. The molecule has 6 heteroatoms. The summed E-state index contributed by atoms with van der Waals surface area (Å²) in [4.78, 5) is 31.2. The van der Waals surface area contributed by atoms with Gasteiger partial charge in [0.05, 0.1) is 17.1 Å². The number of rotatable bonds is 8. The minimum atomic E-state index is -0.0455. The van der Waals surface area contributed by atoms with E-state index in [1.807, 2.05) is 34.5 Å². The SMILES string of the molecule is O=C(Cc1csc(Cc2ccccc2)n1)NCCCC(=O)N1CCc2ccccc2C1. The van der Waals surface area contributed by atoms with Crippen molar-refractivity contribution in [3.63, 3.8) is 0 Å². The highest BCUT2D eigenvalue weighted by atomic mass is 32.1. The Bertz CT molecular complexity index is 1030. The highest BCUT2D eigenvalue weighted by Crippen LogP contribution is 2.19.